The van der Waals surface area contributed by atoms with Crippen LogP contribution in [0.3, 0.4) is 0 Å². The van der Waals surface area contributed by atoms with Gasteiger partial charge in [0.1, 0.15) is 6.04 Å². The second kappa shape index (κ2) is 7.23. The minimum absolute atomic E-state index is 0.0347. The monoisotopic (exact) mass is 365 g/mol. The Morgan fingerprint density at radius 3 is 2.56 bits per heavy atom. The van der Waals surface area contributed by atoms with Crippen molar-refractivity contribution in [2.45, 2.75) is 40.2 Å². The molecule has 0 saturated carbocycles. The summed E-state index contributed by atoms with van der Waals surface area (Å²) in [6.07, 6.45) is 2.32. The van der Waals surface area contributed by atoms with Crippen LogP contribution in [0.15, 0.2) is 41.3 Å². The summed E-state index contributed by atoms with van der Waals surface area (Å²) >= 11 is 0. The Kier molecular flexibility index (Phi) is 4.99. The molecule has 140 valence electrons. The van der Waals surface area contributed by atoms with E-state index in [2.05, 4.69) is 10.3 Å². The summed E-state index contributed by atoms with van der Waals surface area (Å²) in [6, 6.07) is 8.56. The van der Waals surface area contributed by atoms with Gasteiger partial charge < -0.3 is 14.9 Å². The van der Waals surface area contributed by atoms with Crippen molar-refractivity contribution in [3.05, 3.63) is 63.7 Å². The number of para-hydroxylation sites is 1. The van der Waals surface area contributed by atoms with Crippen LogP contribution in [0.1, 0.15) is 47.9 Å². The van der Waals surface area contributed by atoms with Crippen LogP contribution < -0.4 is 10.9 Å². The van der Waals surface area contributed by atoms with Crippen LogP contribution in [-0.2, 0) is 4.79 Å². The largest absolute Gasteiger partial charge is 0.334 e. The predicted octanol–water partition coefficient (Wildman–Crippen LogP) is 3.74. The number of fused-ring (bicyclic) bond motifs is 1. The minimum Gasteiger partial charge on any atom is -0.334 e. The molecule has 0 aliphatic heterocycles. The van der Waals surface area contributed by atoms with Gasteiger partial charge in [-0.2, -0.15) is 0 Å². The van der Waals surface area contributed by atoms with Crippen molar-refractivity contribution in [3.63, 3.8) is 0 Å². The molecule has 6 nitrogen and oxygen atoms in total. The van der Waals surface area contributed by atoms with Gasteiger partial charge in [-0.3, -0.25) is 14.4 Å². The van der Waals surface area contributed by atoms with Gasteiger partial charge in [0.2, 0.25) is 11.5 Å². The molecule has 3 rings (SSSR count). The molecule has 27 heavy (non-hydrogen) atoms. The number of aromatic nitrogens is 2. The lowest BCUT2D eigenvalue weighted by atomic mass is 10.1. The highest BCUT2D eigenvalue weighted by molar-refractivity contribution is 6.07. The summed E-state index contributed by atoms with van der Waals surface area (Å²) < 4.78 is 1.86. The van der Waals surface area contributed by atoms with Gasteiger partial charge in [0.15, 0.2) is 5.78 Å². The first-order chi connectivity index (χ1) is 12.8. The van der Waals surface area contributed by atoms with Gasteiger partial charge in [-0.15, -0.1) is 0 Å². The third-order valence-corrected chi connectivity index (χ3v) is 4.82. The van der Waals surface area contributed by atoms with Gasteiger partial charge in [-0.25, -0.2) is 0 Å². The predicted molar refractivity (Wildman–Crippen MR) is 106 cm³/mol. The molecule has 1 aromatic carbocycles. The lowest BCUT2D eigenvalue weighted by Crippen LogP contribution is -2.26. The first-order valence-electron chi connectivity index (χ1n) is 8.95. The fraction of sp³-hybridized carbons (Fsp3) is 0.286. The number of carbonyl (C=O) groups is 2. The minimum atomic E-state index is -0.478. The molecule has 0 aliphatic carbocycles. The number of nitrogens with one attached hydrogen (secondary N) is 2. The van der Waals surface area contributed by atoms with Gasteiger partial charge in [0.05, 0.1) is 5.69 Å². The molecule has 2 N–H and O–H groups in total. The molecule has 0 spiro atoms. The van der Waals surface area contributed by atoms with Crippen molar-refractivity contribution < 1.29 is 9.59 Å². The standard InChI is InChI=1S/C21H23N3O3/c1-5-17(21(27)23-20-12(2)10-19(26)22-13(20)3)24-11-16(14(4)25)15-8-6-7-9-18(15)24/h6-11,17H,5H2,1-4H3,(H,22,26)(H,23,27). The zero-order valence-corrected chi connectivity index (χ0v) is 15.9. The molecule has 1 amide bonds. The van der Waals surface area contributed by atoms with E-state index in [1.807, 2.05) is 35.8 Å². The molecule has 0 bridgehead atoms. The lowest BCUT2D eigenvalue weighted by Gasteiger charge is -2.20. The fourth-order valence-electron chi connectivity index (χ4n) is 3.50. The van der Waals surface area contributed by atoms with Crippen molar-refractivity contribution in [2.24, 2.45) is 0 Å². The normalized spacial score (nSPS) is 12.1. The number of Topliss-reactive ketones (excluding diaryl/α,β-unsaturated/α-hetero) is 1. The molecular formula is C21H23N3O3. The number of amides is 1. The maximum atomic E-state index is 13.0. The first-order valence-corrected chi connectivity index (χ1v) is 8.95. The zero-order chi connectivity index (χ0) is 19.7. The third kappa shape index (κ3) is 3.43. The molecule has 3 aromatic rings. The Bertz CT molecular complexity index is 1070. The second-order valence-electron chi connectivity index (χ2n) is 6.75. The van der Waals surface area contributed by atoms with Crippen molar-refractivity contribution in [2.75, 3.05) is 5.32 Å². The SMILES string of the molecule is CCC(C(=O)Nc1c(C)cc(=O)[nH]c1C)n1cc(C(C)=O)c2ccccc21. The van der Waals surface area contributed by atoms with E-state index in [4.69, 9.17) is 0 Å². The van der Waals surface area contributed by atoms with E-state index in [0.717, 1.165) is 10.9 Å². The number of H-pyrrole nitrogens is 1. The first kappa shape index (κ1) is 18.6. The molecular weight excluding hydrogens is 342 g/mol. The fourth-order valence-corrected chi connectivity index (χ4v) is 3.50. The van der Waals surface area contributed by atoms with E-state index in [1.54, 1.807) is 20.0 Å². The highest BCUT2D eigenvalue weighted by Crippen LogP contribution is 2.28. The third-order valence-electron chi connectivity index (χ3n) is 4.82. The maximum absolute atomic E-state index is 13.0. The topological polar surface area (TPSA) is 84.0 Å². The van der Waals surface area contributed by atoms with E-state index in [-0.39, 0.29) is 17.2 Å². The molecule has 2 aromatic heterocycles. The molecule has 2 heterocycles. The van der Waals surface area contributed by atoms with Crippen LogP contribution in [0.4, 0.5) is 5.69 Å². The molecule has 6 heteroatoms. The quantitative estimate of drug-likeness (QED) is 0.676. The number of aromatic amines is 1. The number of carbonyl (C=O) groups excluding carboxylic acids is 2. The van der Waals surface area contributed by atoms with Crippen LogP contribution in [0.25, 0.3) is 10.9 Å². The van der Waals surface area contributed by atoms with Crippen molar-refractivity contribution >= 4 is 28.3 Å². The lowest BCUT2D eigenvalue weighted by molar-refractivity contribution is -0.119. The number of benzene rings is 1. The molecule has 0 radical (unpaired) electrons. The summed E-state index contributed by atoms with van der Waals surface area (Å²) in [5.41, 5.74) is 3.19. The number of pyridine rings is 1. The summed E-state index contributed by atoms with van der Waals surface area (Å²) in [5, 5.41) is 3.78. The Balaban J connectivity index is 2.03. The van der Waals surface area contributed by atoms with Crippen LogP contribution in [0, 0.1) is 13.8 Å². The Morgan fingerprint density at radius 1 is 1.22 bits per heavy atom. The van der Waals surface area contributed by atoms with Crippen molar-refractivity contribution in [1.82, 2.24) is 9.55 Å². The van der Waals surface area contributed by atoms with Gasteiger partial charge in [0.25, 0.3) is 0 Å². The number of hydrogen-bond acceptors (Lipinski definition) is 3. The van der Waals surface area contributed by atoms with E-state index < -0.39 is 6.04 Å². The number of aryl methyl sites for hydroxylation is 2. The van der Waals surface area contributed by atoms with E-state index >= 15 is 0 Å². The summed E-state index contributed by atoms with van der Waals surface area (Å²) in [4.78, 5) is 39.3. The Morgan fingerprint density at radius 2 is 1.93 bits per heavy atom. The number of anilines is 1. The summed E-state index contributed by atoms with van der Waals surface area (Å²) in [6.45, 7) is 7.00. The number of nitrogens with zero attached hydrogens (tertiary/aromatic N) is 1. The van der Waals surface area contributed by atoms with E-state index in [9.17, 15) is 14.4 Å². The average molecular weight is 365 g/mol. The van der Waals surface area contributed by atoms with Gasteiger partial charge in [0, 0.05) is 34.4 Å². The van der Waals surface area contributed by atoms with Crippen molar-refractivity contribution in [3.8, 4) is 0 Å². The highest BCUT2D eigenvalue weighted by Gasteiger charge is 2.23. The Labute approximate surface area is 157 Å². The Hall–Kier alpha value is -3.15. The highest BCUT2D eigenvalue weighted by atomic mass is 16.2. The van der Waals surface area contributed by atoms with E-state index in [0.29, 0.717) is 28.9 Å². The molecule has 0 aliphatic rings. The number of hydrogen-bond donors (Lipinski definition) is 2. The van der Waals surface area contributed by atoms with Gasteiger partial charge in [-0.1, -0.05) is 25.1 Å². The molecule has 1 atom stereocenters. The maximum Gasteiger partial charge on any atom is 0.248 e. The van der Waals surface area contributed by atoms with Gasteiger partial charge >= 0.3 is 0 Å². The summed E-state index contributed by atoms with van der Waals surface area (Å²) in [5.74, 6) is -0.223. The smallest absolute Gasteiger partial charge is 0.248 e. The van der Waals surface area contributed by atoms with Crippen LogP contribution in [-0.4, -0.2) is 21.2 Å². The number of rotatable bonds is 5. The zero-order valence-electron chi connectivity index (χ0n) is 15.9. The van der Waals surface area contributed by atoms with Crippen LogP contribution >= 0.6 is 0 Å². The van der Waals surface area contributed by atoms with Crippen LogP contribution in [0.2, 0.25) is 0 Å². The summed E-state index contributed by atoms with van der Waals surface area (Å²) in [7, 11) is 0. The molecule has 1 unspecified atom stereocenters. The van der Waals surface area contributed by atoms with Crippen LogP contribution in [0.5, 0.6) is 0 Å². The number of ketones is 1. The molecule has 0 fully saturated rings. The van der Waals surface area contributed by atoms with E-state index in [1.165, 1.54) is 13.0 Å². The second-order valence-corrected chi connectivity index (χ2v) is 6.75. The average Bonchev–Trinajstić information content (AvgIpc) is 2.99. The molecule has 0 saturated heterocycles. The van der Waals surface area contributed by atoms with Crippen molar-refractivity contribution in [1.29, 1.82) is 0 Å². The van der Waals surface area contributed by atoms with Gasteiger partial charge in [-0.05, 0) is 38.8 Å².